The number of fused-ring (bicyclic) bond motifs is 1. The first kappa shape index (κ1) is 16.7. The molecule has 2 heterocycles. The lowest BCUT2D eigenvalue weighted by Crippen LogP contribution is -2.17. The molecule has 0 spiro atoms. The van der Waals surface area contributed by atoms with Crippen molar-refractivity contribution < 1.29 is 4.79 Å². The number of carbonyl (C=O) groups is 1. The number of benzene rings is 1. The third kappa shape index (κ3) is 3.47. The number of hydrogen-bond acceptors (Lipinski definition) is 3. The Balaban J connectivity index is 1.56. The number of aryl methyl sites for hydroxylation is 1. The highest BCUT2D eigenvalue weighted by atomic mass is 32.2. The average molecular weight is 356 g/mol. The molecular weight excluding hydrogens is 330 g/mol. The van der Waals surface area contributed by atoms with Gasteiger partial charge in [-0.2, -0.15) is 16.9 Å². The van der Waals surface area contributed by atoms with E-state index in [1.165, 1.54) is 31.2 Å². The van der Waals surface area contributed by atoms with Crippen LogP contribution < -0.4 is 5.32 Å². The number of nitrogens with zero attached hydrogens (tertiary/aromatic N) is 2. The summed E-state index contributed by atoms with van der Waals surface area (Å²) in [6, 6.07) is 8.21. The first-order chi connectivity index (χ1) is 12.2. The SMILES string of the molecule is Cc1ccccc1-n1nc2c(c1NC(=O)CCC1CCCC1)CSC2. The molecule has 132 valence electrons. The Bertz CT molecular complexity index is 777. The summed E-state index contributed by atoms with van der Waals surface area (Å²) >= 11 is 1.87. The molecule has 0 atom stereocenters. The molecule has 4 rings (SSSR count). The molecule has 1 amide bonds. The van der Waals surface area contributed by atoms with Gasteiger partial charge in [-0.25, -0.2) is 4.68 Å². The molecule has 1 fully saturated rings. The number of anilines is 1. The molecule has 0 radical (unpaired) electrons. The van der Waals surface area contributed by atoms with E-state index in [0.29, 0.717) is 6.42 Å². The minimum atomic E-state index is 0.126. The highest BCUT2D eigenvalue weighted by Gasteiger charge is 2.25. The zero-order chi connectivity index (χ0) is 17.2. The van der Waals surface area contributed by atoms with Gasteiger partial charge in [0, 0.05) is 23.5 Å². The van der Waals surface area contributed by atoms with Gasteiger partial charge in [-0.3, -0.25) is 4.79 Å². The van der Waals surface area contributed by atoms with Crippen LogP contribution in [0.25, 0.3) is 5.69 Å². The number of aromatic nitrogens is 2. The fourth-order valence-corrected chi connectivity index (χ4v) is 4.98. The lowest BCUT2D eigenvalue weighted by atomic mass is 10.0. The fraction of sp³-hybridized carbons (Fsp3) is 0.500. The van der Waals surface area contributed by atoms with Crippen LogP contribution >= 0.6 is 11.8 Å². The van der Waals surface area contributed by atoms with Crippen LogP contribution in [0.2, 0.25) is 0 Å². The van der Waals surface area contributed by atoms with Crippen molar-refractivity contribution in [3.05, 3.63) is 41.1 Å². The monoisotopic (exact) mass is 355 g/mol. The quantitative estimate of drug-likeness (QED) is 0.835. The lowest BCUT2D eigenvalue weighted by molar-refractivity contribution is -0.116. The van der Waals surface area contributed by atoms with E-state index in [1.54, 1.807) is 0 Å². The van der Waals surface area contributed by atoms with Crippen molar-refractivity contribution in [3.8, 4) is 5.69 Å². The third-order valence-corrected chi connectivity index (χ3v) is 6.38. The smallest absolute Gasteiger partial charge is 0.225 e. The second-order valence-electron chi connectivity index (χ2n) is 7.20. The fourth-order valence-electron chi connectivity index (χ4n) is 3.95. The van der Waals surface area contributed by atoms with E-state index in [4.69, 9.17) is 5.10 Å². The molecule has 0 unspecified atom stereocenters. The van der Waals surface area contributed by atoms with Crippen molar-refractivity contribution in [2.75, 3.05) is 5.32 Å². The summed E-state index contributed by atoms with van der Waals surface area (Å²) in [5.41, 5.74) is 4.52. The highest BCUT2D eigenvalue weighted by molar-refractivity contribution is 7.98. The number of carbonyl (C=O) groups excluding carboxylic acids is 1. The van der Waals surface area contributed by atoms with Crippen molar-refractivity contribution in [1.29, 1.82) is 0 Å². The van der Waals surface area contributed by atoms with Crippen LogP contribution in [0.15, 0.2) is 24.3 Å². The molecule has 1 aliphatic carbocycles. The second-order valence-corrected chi connectivity index (χ2v) is 8.19. The topological polar surface area (TPSA) is 46.9 Å². The third-order valence-electron chi connectivity index (χ3n) is 5.41. The van der Waals surface area contributed by atoms with Gasteiger partial charge < -0.3 is 5.32 Å². The van der Waals surface area contributed by atoms with Gasteiger partial charge >= 0.3 is 0 Å². The van der Waals surface area contributed by atoms with Crippen molar-refractivity contribution in [2.24, 2.45) is 5.92 Å². The second kappa shape index (κ2) is 7.24. The van der Waals surface area contributed by atoms with Crippen LogP contribution in [0, 0.1) is 12.8 Å². The van der Waals surface area contributed by atoms with E-state index in [-0.39, 0.29) is 5.91 Å². The number of para-hydroxylation sites is 1. The first-order valence-electron chi connectivity index (χ1n) is 9.27. The van der Waals surface area contributed by atoms with E-state index in [9.17, 15) is 4.79 Å². The van der Waals surface area contributed by atoms with Crippen LogP contribution in [0.1, 0.15) is 55.3 Å². The zero-order valence-electron chi connectivity index (χ0n) is 14.8. The Morgan fingerprint density at radius 3 is 2.88 bits per heavy atom. The summed E-state index contributed by atoms with van der Waals surface area (Å²) in [5.74, 6) is 3.61. The molecule has 25 heavy (non-hydrogen) atoms. The maximum absolute atomic E-state index is 12.6. The van der Waals surface area contributed by atoms with Crippen LogP contribution in [-0.2, 0) is 16.3 Å². The molecule has 1 aromatic heterocycles. The van der Waals surface area contributed by atoms with Gasteiger partial charge in [0.1, 0.15) is 5.82 Å². The van der Waals surface area contributed by atoms with Crippen LogP contribution in [0.4, 0.5) is 5.82 Å². The molecule has 5 heteroatoms. The summed E-state index contributed by atoms with van der Waals surface area (Å²) in [4.78, 5) is 12.6. The van der Waals surface area contributed by atoms with E-state index >= 15 is 0 Å². The highest BCUT2D eigenvalue weighted by Crippen LogP contribution is 2.37. The Hall–Kier alpha value is -1.75. The number of nitrogens with one attached hydrogen (secondary N) is 1. The van der Waals surface area contributed by atoms with E-state index in [2.05, 4.69) is 24.4 Å². The summed E-state index contributed by atoms with van der Waals surface area (Å²) in [6.45, 7) is 2.09. The summed E-state index contributed by atoms with van der Waals surface area (Å²) in [5, 5.41) is 7.98. The summed E-state index contributed by atoms with van der Waals surface area (Å²) in [7, 11) is 0. The molecule has 1 aliphatic heterocycles. The van der Waals surface area contributed by atoms with Crippen LogP contribution in [-0.4, -0.2) is 15.7 Å². The number of rotatable bonds is 5. The van der Waals surface area contributed by atoms with E-state index < -0.39 is 0 Å². The minimum Gasteiger partial charge on any atom is -0.310 e. The number of thioether (sulfide) groups is 1. The van der Waals surface area contributed by atoms with Crippen molar-refractivity contribution >= 4 is 23.5 Å². The Kier molecular flexibility index (Phi) is 4.84. The molecule has 4 nitrogen and oxygen atoms in total. The molecular formula is C20H25N3OS. The van der Waals surface area contributed by atoms with Gasteiger partial charge in [-0.1, -0.05) is 43.9 Å². The Labute approximate surface area is 153 Å². The summed E-state index contributed by atoms with van der Waals surface area (Å²) < 4.78 is 1.94. The molecule has 1 N–H and O–H groups in total. The van der Waals surface area contributed by atoms with Crippen molar-refractivity contribution in [3.63, 3.8) is 0 Å². The Morgan fingerprint density at radius 1 is 1.28 bits per heavy atom. The normalized spacial score (nSPS) is 17.0. The van der Waals surface area contributed by atoms with E-state index in [0.717, 1.165) is 46.6 Å². The molecule has 2 aliphatic rings. The molecule has 0 bridgehead atoms. The largest absolute Gasteiger partial charge is 0.310 e. The standard InChI is InChI=1S/C20H25N3OS/c1-14-6-2-5-9-18(14)23-20(16-12-25-13-17(16)22-23)21-19(24)11-10-15-7-3-4-8-15/h2,5-6,9,15H,3-4,7-8,10-13H2,1H3,(H,21,24). The predicted molar refractivity (Wildman–Crippen MR) is 103 cm³/mol. The first-order valence-corrected chi connectivity index (χ1v) is 10.4. The van der Waals surface area contributed by atoms with Gasteiger partial charge in [0.25, 0.3) is 0 Å². The van der Waals surface area contributed by atoms with Gasteiger partial charge in [0.15, 0.2) is 0 Å². The maximum atomic E-state index is 12.6. The Morgan fingerprint density at radius 2 is 2.08 bits per heavy atom. The van der Waals surface area contributed by atoms with Crippen LogP contribution in [0.5, 0.6) is 0 Å². The van der Waals surface area contributed by atoms with Gasteiger partial charge in [0.2, 0.25) is 5.91 Å². The van der Waals surface area contributed by atoms with Crippen molar-refractivity contribution in [2.45, 2.75) is 57.0 Å². The van der Waals surface area contributed by atoms with Gasteiger partial charge in [-0.15, -0.1) is 0 Å². The zero-order valence-corrected chi connectivity index (χ0v) is 15.6. The van der Waals surface area contributed by atoms with Gasteiger partial charge in [0.05, 0.1) is 11.4 Å². The van der Waals surface area contributed by atoms with Gasteiger partial charge in [-0.05, 0) is 30.9 Å². The molecule has 1 saturated carbocycles. The van der Waals surface area contributed by atoms with E-state index in [1.807, 2.05) is 28.6 Å². The van der Waals surface area contributed by atoms with Crippen LogP contribution in [0.3, 0.4) is 0 Å². The number of hydrogen-bond donors (Lipinski definition) is 1. The molecule has 2 aromatic rings. The predicted octanol–water partition coefficient (Wildman–Crippen LogP) is 4.84. The molecule has 1 aromatic carbocycles. The number of amides is 1. The minimum absolute atomic E-state index is 0.126. The maximum Gasteiger partial charge on any atom is 0.225 e. The molecule has 0 saturated heterocycles. The summed E-state index contributed by atoms with van der Waals surface area (Å²) in [6.07, 6.45) is 6.88. The van der Waals surface area contributed by atoms with Crippen molar-refractivity contribution in [1.82, 2.24) is 9.78 Å². The average Bonchev–Trinajstić information content (AvgIpc) is 3.32. The lowest BCUT2D eigenvalue weighted by Gasteiger charge is -2.13.